The van der Waals surface area contributed by atoms with Crippen molar-refractivity contribution in [3.05, 3.63) is 18.0 Å². The van der Waals surface area contributed by atoms with E-state index in [2.05, 4.69) is 10.6 Å². The summed E-state index contributed by atoms with van der Waals surface area (Å²) in [7, 11) is 1.72. The first-order chi connectivity index (χ1) is 7.54. The highest BCUT2D eigenvalue weighted by molar-refractivity contribution is 5.96. The standard InChI is InChI=1S/C10H16N4O2/c1-3-12-9(15)5-13-10(16)8-4-7(11)6-14(8)2/h4,6H,3,5,11H2,1-2H3,(H,12,15)(H,13,16). The second kappa shape index (κ2) is 5.20. The molecule has 2 amide bonds. The molecule has 4 N–H and O–H groups in total. The van der Waals surface area contributed by atoms with Gasteiger partial charge in [0.05, 0.1) is 12.2 Å². The van der Waals surface area contributed by atoms with Crippen molar-refractivity contribution < 1.29 is 9.59 Å². The van der Waals surface area contributed by atoms with E-state index in [1.54, 1.807) is 23.9 Å². The first-order valence-electron chi connectivity index (χ1n) is 5.01. The van der Waals surface area contributed by atoms with Crippen LogP contribution in [0.15, 0.2) is 12.3 Å². The van der Waals surface area contributed by atoms with Gasteiger partial charge in [0.25, 0.3) is 5.91 Å². The Bertz CT molecular complexity index is 398. The van der Waals surface area contributed by atoms with E-state index >= 15 is 0 Å². The Morgan fingerprint density at radius 3 is 2.62 bits per heavy atom. The van der Waals surface area contributed by atoms with E-state index in [1.165, 1.54) is 0 Å². The topological polar surface area (TPSA) is 89.2 Å². The van der Waals surface area contributed by atoms with E-state index in [4.69, 9.17) is 5.73 Å². The fourth-order valence-corrected chi connectivity index (χ4v) is 1.33. The molecule has 0 aromatic carbocycles. The molecule has 16 heavy (non-hydrogen) atoms. The Kier molecular flexibility index (Phi) is 3.93. The van der Waals surface area contributed by atoms with Crippen molar-refractivity contribution in [1.82, 2.24) is 15.2 Å². The number of anilines is 1. The lowest BCUT2D eigenvalue weighted by molar-refractivity contribution is -0.120. The molecule has 88 valence electrons. The molecule has 1 aromatic rings. The van der Waals surface area contributed by atoms with Gasteiger partial charge in [0, 0.05) is 19.8 Å². The zero-order valence-corrected chi connectivity index (χ0v) is 9.41. The third kappa shape index (κ3) is 3.01. The number of rotatable bonds is 4. The number of carbonyl (C=O) groups is 2. The molecule has 6 nitrogen and oxygen atoms in total. The number of nitrogens with zero attached hydrogens (tertiary/aromatic N) is 1. The average Bonchev–Trinajstić information content (AvgIpc) is 2.55. The predicted octanol–water partition coefficient (Wildman–Crippen LogP) is -0.527. The van der Waals surface area contributed by atoms with Crippen LogP contribution < -0.4 is 16.4 Å². The zero-order chi connectivity index (χ0) is 12.1. The highest BCUT2D eigenvalue weighted by atomic mass is 16.2. The summed E-state index contributed by atoms with van der Waals surface area (Å²) >= 11 is 0. The van der Waals surface area contributed by atoms with Gasteiger partial charge < -0.3 is 20.9 Å². The highest BCUT2D eigenvalue weighted by Crippen LogP contribution is 2.07. The molecule has 0 saturated heterocycles. The molecule has 0 unspecified atom stereocenters. The van der Waals surface area contributed by atoms with E-state index in [9.17, 15) is 9.59 Å². The molecule has 0 fully saturated rings. The summed E-state index contributed by atoms with van der Waals surface area (Å²) in [6, 6.07) is 1.56. The Morgan fingerprint density at radius 2 is 2.12 bits per heavy atom. The van der Waals surface area contributed by atoms with Gasteiger partial charge in [0.2, 0.25) is 5.91 Å². The maximum Gasteiger partial charge on any atom is 0.268 e. The third-order valence-electron chi connectivity index (χ3n) is 2.04. The van der Waals surface area contributed by atoms with Crippen LogP contribution in [0.25, 0.3) is 0 Å². The third-order valence-corrected chi connectivity index (χ3v) is 2.04. The number of hydrogen-bond donors (Lipinski definition) is 3. The van der Waals surface area contributed by atoms with Crippen LogP contribution >= 0.6 is 0 Å². The molecule has 0 bridgehead atoms. The van der Waals surface area contributed by atoms with Crippen molar-refractivity contribution in [1.29, 1.82) is 0 Å². The van der Waals surface area contributed by atoms with Crippen molar-refractivity contribution in [2.75, 3.05) is 18.8 Å². The van der Waals surface area contributed by atoms with Crippen LogP contribution in [0.1, 0.15) is 17.4 Å². The monoisotopic (exact) mass is 224 g/mol. The SMILES string of the molecule is CCNC(=O)CNC(=O)c1cc(N)cn1C. The molecule has 0 saturated carbocycles. The molecular weight excluding hydrogens is 208 g/mol. The summed E-state index contributed by atoms with van der Waals surface area (Å²) in [6.07, 6.45) is 1.64. The summed E-state index contributed by atoms with van der Waals surface area (Å²) in [5, 5.41) is 5.10. The molecular formula is C10H16N4O2. The van der Waals surface area contributed by atoms with E-state index in [0.29, 0.717) is 17.9 Å². The average molecular weight is 224 g/mol. The van der Waals surface area contributed by atoms with Crippen LogP contribution in [-0.4, -0.2) is 29.5 Å². The lowest BCUT2D eigenvalue weighted by atomic mass is 10.4. The lowest BCUT2D eigenvalue weighted by Gasteiger charge is -2.05. The first-order valence-corrected chi connectivity index (χ1v) is 5.01. The van der Waals surface area contributed by atoms with E-state index in [0.717, 1.165) is 0 Å². The van der Waals surface area contributed by atoms with Gasteiger partial charge in [-0.1, -0.05) is 0 Å². The van der Waals surface area contributed by atoms with Gasteiger partial charge in [0.1, 0.15) is 5.69 Å². The zero-order valence-electron chi connectivity index (χ0n) is 9.41. The van der Waals surface area contributed by atoms with Gasteiger partial charge in [-0.05, 0) is 13.0 Å². The molecule has 1 rings (SSSR count). The number of nitrogen functional groups attached to an aromatic ring is 1. The summed E-state index contributed by atoms with van der Waals surface area (Å²) in [5.41, 5.74) is 6.49. The minimum Gasteiger partial charge on any atom is -0.397 e. The van der Waals surface area contributed by atoms with Crippen molar-refractivity contribution in [2.45, 2.75) is 6.92 Å². The number of amides is 2. The van der Waals surface area contributed by atoms with Crippen molar-refractivity contribution >= 4 is 17.5 Å². The maximum atomic E-state index is 11.6. The number of carbonyl (C=O) groups excluding carboxylic acids is 2. The molecule has 1 heterocycles. The molecule has 0 aliphatic carbocycles. The minimum atomic E-state index is -0.314. The van der Waals surface area contributed by atoms with Crippen LogP contribution in [0, 0.1) is 0 Å². The predicted molar refractivity (Wildman–Crippen MR) is 60.8 cm³/mol. The highest BCUT2D eigenvalue weighted by Gasteiger charge is 2.11. The largest absolute Gasteiger partial charge is 0.397 e. The van der Waals surface area contributed by atoms with Crippen LogP contribution in [-0.2, 0) is 11.8 Å². The van der Waals surface area contributed by atoms with E-state index in [1.807, 2.05) is 6.92 Å². The summed E-state index contributed by atoms with van der Waals surface area (Å²) < 4.78 is 1.61. The van der Waals surface area contributed by atoms with Crippen LogP contribution in [0.2, 0.25) is 0 Å². The Balaban J connectivity index is 2.53. The number of aryl methyl sites for hydroxylation is 1. The number of aromatic nitrogens is 1. The number of likely N-dealkylation sites (N-methyl/N-ethyl adjacent to an activating group) is 1. The van der Waals surface area contributed by atoms with Gasteiger partial charge in [0.15, 0.2) is 0 Å². The minimum absolute atomic E-state index is 0.0300. The maximum absolute atomic E-state index is 11.6. The quantitative estimate of drug-likeness (QED) is 0.642. The Morgan fingerprint density at radius 1 is 1.44 bits per heavy atom. The number of nitrogens with one attached hydrogen (secondary N) is 2. The second-order valence-corrected chi connectivity index (χ2v) is 3.41. The van der Waals surface area contributed by atoms with Crippen molar-refractivity contribution in [3.8, 4) is 0 Å². The number of nitrogens with two attached hydrogens (primary N) is 1. The van der Waals surface area contributed by atoms with Gasteiger partial charge in [-0.15, -0.1) is 0 Å². The van der Waals surface area contributed by atoms with E-state index in [-0.39, 0.29) is 18.4 Å². The Labute approximate surface area is 93.8 Å². The van der Waals surface area contributed by atoms with Gasteiger partial charge in [-0.25, -0.2) is 0 Å². The van der Waals surface area contributed by atoms with Crippen molar-refractivity contribution in [3.63, 3.8) is 0 Å². The van der Waals surface area contributed by atoms with Gasteiger partial charge in [-0.3, -0.25) is 9.59 Å². The molecule has 0 spiro atoms. The molecule has 6 heteroatoms. The molecule has 0 radical (unpaired) electrons. The van der Waals surface area contributed by atoms with Crippen molar-refractivity contribution in [2.24, 2.45) is 7.05 Å². The lowest BCUT2D eigenvalue weighted by Crippen LogP contribution is -2.37. The van der Waals surface area contributed by atoms with E-state index < -0.39 is 0 Å². The smallest absolute Gasteiger partial charge is 0.268 e. The number of hydrogen-bond acceptors (Lipinski definition) is 3. The summed E-state index contributed by atoms with van der Waals surface area (Å²) in [4.78, 5) is 22.7. The normalized spacial score (nSPS) is 9.88. The van der Waals surface area contributed by atoms with Gasteiger partial charge >= 0.3 is 0 Å². The van der Waals surface area contributed by atoms with Gasteiger partial charge in [-0.2, -0.15) is 0 Å². The molecule has 0 aliphatic heterocycles. The fourth-order valence-electron chi connectivity index (χ4n) is 1.33. The molecule has 1 aromatic heterocycles. The fraction of sp³-hybridized carbons (Fsp3) is 0.400. The van der Waals surface area contributed by atoms with Crippen LogP contribution in [0.4, 0.5) is 5.69 Å². The molecule has 0 atom stereocenters. The Hall–Kier alpha value is -1.98. The second-order valence-electron chi connectivity index (χ2n) is 3.41. The summed E-state index contributed by atoms with van der Waals surface area (Å²) in [6.45, 7) is 2.33. The van der Waals surface area contributed by atoms with Crippen LogP contribution in [0.3, 0.4) is 0 Å². The first kappa shape index (κ1) is 12.1. The van der Waals surface area contributed by atoms with Crippen LogP contribution in [0.5, 0.6) is 0 Å². The summed E-state index contributed by atoms with van der Waals surface area (Å²) in [5.74, 6) is -0.525. The molecule has 0 aliphatic rings.